The summed E-state index contributed by atoms with van der Waals surface area (Å²) >= 11 is 0. The van der Waals surface area contributed by atoms with Crippen LogP contribution in [0.15, 0.2) is 18.2 Å². The van der Waals surface area contributed by atoms with Crippen LogP contribution in [0.5, 0.6) is 5.75 Å². The summed E-state index contributed by atoms with van der Waals surface area (Å²) in [6, 6.07) is 5.76. The number of methoxy groups -OCH3 is 1. The van der Waals surface area contributed by atoms with Gasteiger partial charge in [0.1, 0.15) is 12.0 Å². The fourth-order valence-corrected chi connectivity index (χ4v) is 1.65. The predicted octanol–water partition coefficient (Wildman–Crippen LogP) is 1.25. The SMILES string of the molecule is COc1ccc2c(c1)CCNC2O.Cl. The zero-order chi connectivity index (χ0) is 9.26. The minimum absolute atomic E-state index is 0. The second-order valence-corrected chi connectivity index (χ2v) is 3.17. The monoisotopic (exact) mass is 215 g/mol. The van der Waals surface area contributed by atoms with Gasteiger partial charge in [0, 0.05) is 6.54 Å². The van der Waals surface area contributed by atoms with Crippen LogP contribution in [-0.2, 0) is 6.42 Å². The van der Waals surface area contributed by atoms with E-state index in [9.17, 15) is 5.11 Å². The highest BCUT2D eigenvalue weighted by Crippen LogP contribution is 2.24. The average molecular weight is 216 g/mol. The number of aliphatic hydroxyl groups is 1. The minimum Gasteiger partial charge on any atom is -0.497 e. The number of aliphatic hydroxyl groups excluding tert-OH is 1. The largest absolute Gasteiger partial charge is 0.497 e. The molecule has 1 aromatic rings. The van der Waals surface area contributed by atoms with Gasteiger partial charge in [-0.25, -0.2) is 0 Å². The van der Waals surface area contributed by atoms with E-state index in [-0.39, 0.29) is 12.4 Å². The van der Waals surface area contributed by atoms with Crippen molar-refractivity contribution in [3.8, 4) is 5.75 Å². The maximum atomic E-state index is 9.57. The third-order valence-electron chi connectivity index (χ3n) is 2.38. The van der Waals surface area contributed by atoms with E-state index >= 15 is 0 Å². The Balaban J connectivity index is 0.000000980. The van der Waals surface area contributed by atoms with E-state index < -0.39 is 6.23 Å². The van der Waals surface area contributed by atoms with E-state index in [1.54, 1.807) is 7.11 Å². The van der Waals surface area contributed by atoms with Gasteiger partial charge in [-0.2, -0.15) is 0 Å². The molecule has 0 bridgehead atoms. The Kier molecular flexibility index (Phi) is 3.75. The van der Waals surface area contributed by atoms with Crippen molar-refractivity contribution in [1.29, 1.82) is 0 Å². The van der Waals surface area contributed by atoms with Gasteiger partial charge >= 0.3 is 0 Å². The third kappa shape index (κ3) is 2.00. The second-order valence-electron chi connectivity index (χ2n) is 3.17. The highest BCUT2D eigenvalue weighted by molar-refractivity contribution is 5.85. The number of ether oxygens (including phenoxy) is 1. The summed E-state index contributed by atoms with van der Waals surface area (Å²) in [5, 5.41) is 12.6. The van der Waals surface area contributed by atoms with Gasteiger partial charge in [0.25, 0.3) is 0 Å². The zero-order valence-corrected chi connectivity index (χ0v) is 8.80. The first-order valence-electron chi connectivity index (χ1n) is 4.39. The summed E-state index contributed by atoms with van der Waals surface area (Å²) in [5.74, 6) is 0.854. The molecule has 0 spiro atoms. The summed E-state index contributed by atoms with van der Waals surface area (Å²) in [7, 11) is 1.65. The lowest BCUT2D eigenvalue weighted by Gasteiger charge is -2.22. The number of fused-ring (bicyclic) bond motifs is 1. The first kappa shape index (κ1) is 11.3. The maximum Gasteiger partial charge on any atom is 0.131 e. The summed E-state index contributed by atoms with van der Waals surface area (Å²) in [6.07, 6.45) is 0.429. The van der Waals surface area contributed by atoms with Crippen LogP contribution in [0.25, 0.3) is 0 Å². The quantitative estimate of drug-likeness (QED) is 0.741. The van der Waals surface area contributed by atoms with Gasteiger partial charge in [-0.3, -0.25) is 5.32 Å². The molecule has 0 fully saturated rings. The van der Waals surface area contributed by atoms with Crippen molar-refractivity contribution in [3.05, 3.63) is 29.3 Å². The van der Waals surface area contributed by atoms with Crippen LogP contribution in [0.3, 0.4) is 0 Å². The van der Waals surface area contributed by atoms with Crippen LogP contribution in [0.1, 0.15) is 17.4 Å². The molecule has 78 valence electrons. The number of halogens is 1. The van der Waals surface area contributed by atoms with Crippen LogP contribution in [0.2, 0.25) is 0 Å². The Morgan fingerprint density at radius 2 is 2.29 bits per heavy atom. The third-order valence-corrected chi connectivity index (χ3v) is 2.38. The van der Waals surface area contributed by atoms with Gasteiger partial charge in [0.2, 0.25) is 0 Å². The van der Waals surface area contributed by atoms with Crippen molar-refractivity contribution >= 4 is 12.4 Å². The van der Waals surface area contributed by atoms with Gasteiger partial charge in [-0.1, -0.05) is 6.07 Å². The van der Waals surface area contributed by atoms with E-state index in [1.807, 2.05) is 18.2 Å². The lowest BCUT2D eigenvalue weighted by molar-refractivity contribution is 0.132. The molecule has 1 aliphatic heterocycles. The predicted molar refractivity (Wildman–Crippen MR) is 56.9 cm³/mol. The van der Waals surface area contributed by atoms with E-state index in [0.29, 0.717) is 0 Å². The Labute approximate surface area is 89.5 Å². The summed E-state index contributed by atoms with van der Waals surface area (Å²) in [4.78, 5) is 0. The van der Waals surface area contributed by atoms with Crippen molar-refractivity contribution in [3.63, 3.8) is 0 Å². The molecule has 1 unspecified atom stereocenters. The fourth-order valence-electron chi connectivity index (χ4n) is 1.65. The molecule has 1 aromatic carbocycles. The van der Waals surface area contributed by atoms with Crippen LogP contribution >= 0.6 is 12.4 Å². The van der Waals surface area contributed by atoms with Crippen LogP contribution in [-0.4, -0.2) is 18.8 Å². The molecular weight excluding hydrogens is 202 g/mol. The highest BCUT2D eigenvalue weighted by atomic mass is 35.5. The molecule has 1 aliphatic rings. The van der Waals surface area contributed by atoms with Crippen molar-refractivity contribution in [2.24, 2.45) is 0 Å². The lowest BCUT2D eigenvalue weighted by atomic mass is 9.99. The van der Waals surface area contributed by atoms with Crippen molar-refractivity contribution < 1.29 is 9.84 Å². The Morgan fingerprint density at radius 1 is 1.50 bits per heavy atom. The average Bonchev–Trinajstić information content (AvgIpc) is 2.18. The van der Waals surface area contributed by atoms with Crippen molar-refractivity contribution in [2.75, 3.05) is 13.7 Å². The number of rotatable bonds is 1. The molecule has 2 rings (SSSR count). The summed E-state index contributed by atoms with van der Waals surface area (Å²) < 4.78 is 5.11. The van der Waals surface area contributed by atoms with Crippen molar-refractivity contribution in [1.82, 2.24) is 5.32 Å². The highest BCUT2D eigenvalue weighted by Gasteiger charge is 2.16. The minimum atomic E-state index is -0.519. The smallest absolute Gasteiger partial charge is 0.131 e. The maximum absolute atomic E-state index is 9.57. The van der Waals surface area contributed by atoms with E-state index in [2.05, 4.69) is 5.32 Å². The first-order valence-corrected chi connectivity index (χ1v) is 4.39. The van der Waals surface area contributed by atoms with Crippen LogP contribution < -0.4 is 10.1 Å². The molecule has 0 amide bonds. The molecule has 4 heteroatoms. The fraction of sp³-hybridized carbons (Fsp3) is 0.400. The second kappa shape index (κ2) is 4.64. The number of hydrogen-bond acceptors (Lipinski definition) is 3. The topological polar surface area (TPSA) is 41.5 Å². The molecule has 1 heterocycles. The normalized spacial score (nSPS) is 19.4. The number of hydrogen-bond donors (Lipinski definition) is 2. The molecule has 0 aliphatic carbocycles. The molecular formula is C10H14ClNO2. The Bertz CT molecular complexity index is 317. The van der Waals surface area contributed by atoms with E-state index in [1.165, 1.54) is 5.56 Å². The molecule has 3 nitrogen and oxygen atoms in total. The zero-order valence-electron chi connectivity index (χ0n) is 7.99. The standard InChI is InChI=1S/C10H13NO2.ClH/c1-13-8-2-3-9-7(6-8)4-5-11-10(9)12;/h2-3,6,10-12H,4-5H2,1H3;1H. The number of nitrogens with one attached hydrogen (secondary N) is 1. The molecule has 2 N–H and O–H groups in total. The van der Waals surface area contributed by atoms with Gasteiger partial charge in [0.15, 0.2) is 0 Å². The van der Waals surface area contributed by atoms with Crippen LogP contribution in [0.4, 0.5) is 0 Å². The molecule has 0 aromatic heterocycles. The van der Waals surface area contributed by atoms with Gasteiger partial charge in [-0.15, -0.1) is 12.4 Å². The van der Waals surface area contributed by atoms with Gasteiger partial charge in [0.05, 0.1) is 7.11 Å². The first-order chi connectivity index (χ1) is 6.31. The molecule has 0 saturated carbocycles. The lowest BCUT2D eigenvalue weighted by Crippen LogP contribution is -2.29. The summed E-state index contributed by atoms with van der Waals surface area (Å²) in [5.41, 5.74) is 2.14. The van der Waals surface area contributed by atoms with Gasteiger partial charge < -0.3 is 9.84 Å². The Morgan fingerprint density at radius 3 is 3.00 bits per heavy atom. The molecule has 0 saturated heterocycles. The summed E-state index contributed by atoms with van der Waals surface area (Å²) in [6.45, 7) is 0.821. The van der Waals surface area contributed by atoms with Crippen molar-refractivity contribution in [2.45, 2.75) is 12.6 Å². The van der Waals surface area contributed by atoms with E-state index in [0.717, 1.165) is 24.3 Å². The molecule has 14 heavy (non-hydrogen) atoms. The van der Waals surface area contributed by atoms with E-state index in [4.69, 9.17) is 4.74 Å². The molecule has 1 atom stereocenters. The Hall–Kier alpha value is -0.770. The molecule has 0 radical (unpaired) electrons. The van der Waals surface area contributed by atoms with Crippen LogP contribution in [0, 0.1) is 0 Å². The van der Waals surface area contributed by atoms with Gasteiger partial charge in [-0.05, 0) is 29.7 Å². The number of benzene rings is 1.